The molecule has 3 atom stereocenters. The van der Waals surface area contributed by atoms with Crippen molar-refractivity contribution in [1.29, 1.82) is 0 Å². The van der Waals surface area contributed by atoms with Crippen LogP contribution in [0, 0.1) is 17.3 Å². The van der Waals surface area contributed by atoms with Gasteiger partial charge in [0, 0.05) is 0 Å². The summed E-state index contributed by atoms with van der Waals surface area (Å²) in [4.78, 5) is 10.4. The smallest absolute Gasteiger partial charge is 0.152 e. The molecule has 0 aromatic heterocycles. The van der Waals surface area contributed by atoms with Gasteiger partial charge in [0.05, 0.1) is 32.5 Å². The summed E-state index contributed by atoms with van der Waals surface area (Å²) >= 11 is 0. The average molecular weight is 303 g/mol. The van der Waals surface area contributed by atoms with Crippen molar-refractivity contribution >= 4 is 0 Å². The van der Waals surface area contributed by atoms with Crippen molar-refractivity contribution in [2.24, 2.45) is 5.18 Å². The van der Waals surface area contributed by atoms with Gasteiger partial charge >= 0.3 is 0 Å². The van der Waals surface area contributed by atoms with Crippen molar-refractivity contribution in [2.75, 3.05) is 19.8 Å². The first-order valence-corrected chi connectivity index (χ1v) is 7.45. The first-order chi connectivity index (χ1) is 10.8. The average Bonchev–Trinajstić information content (AvgIpc) is 2.58. The highest BCUT2D eigenvalue weighted by molar-refractivity contribution is 5.13. The molecule has 5 nitrogen and oxygen atoms in total. The van der Waals surface area contributed by atoms with Gasteiger partial charge in [0.1, 0.15) is 6.10 Å². The molecule has 0 amide bonds. The molecule has 1 aromatic rings. The van der Waals surface area contributed by atoms with Gasteiger partial charge in [-0.3, -0.25) is 0 Å². The Morgan fingerprint density at radius 1 is 1.27 bits per heavy atom. The number of ether oxygens (including phenoxy) is 3. The van der Waals surface area contributed by atoms with E-state index in [0.717, 1.165) is 5.56 Å². The highest BCUT2D eigenvalue weighted by atomic mass is 16.6. The molecule has 5 heteroatoms. The van der Waals surface area contributed by atoms with E-state index in [1.54, 1.807) is 0 Å². The van der Waals surface area contributed by atoms with E-state index >= 15 is 0 Å². The molecule has 0 N–H and O–H groups in total. The van der Waals surface area contributed by atoms with Crippen molar-refractivity contribution in [3.63, 3.8) is 0 Å². The Bertz CT molecular complexity index is 477. The minimum Gasteiger partial charge on any atom is -0.374 e. The van der Waals surface area contributed by atoms with Crippen LogP contribution in [-0.2, 0) is 20.8 Å². The normalized spacial score (nSPS) is 22.7. The van der Waals surface area contributed by atoms with Crippen LogP contribution in [-0.4, -0.2) is 38.1 Å². The van der Waals surface area contributed by atoms with Gasteiger partial charge in [0.15, 0.2) is 6.04 Å². The van der Waals surface area contributed by atoms with Crippen LogP contribution in [0.2, 0.25) is 0 Å². The molecule has 1 heterocycles. The van der Waals surface area contributed by atoms with E-state index in [9.17, 15) is 4.91 Å². The van der Waals surface area contributed by atoms with E-state index in [2.05, 4.69) is 11.1 Å². The van der Waals surface area contributed by atoms with Crippen LogP contribution in [0.25, 0.3) is 0 Å². The SMILES string of the molecule is C#CC(CCC1COC(COCc2ccccc2)CO1)N=O. The van der Waals surface area contributed by atoms with E-state index in [-0.39, 0.29) is 12.2 Å². The van der Waals surface area contributed by atoms with Gasteiger partial charge in [-0.2, -0.15) is 0 Å². The molecule has 3 unspecified atom stereocenters. The van der Waals surface area contributed by atoms with Gasteiger partial charge in [-0.15, -0.1) is 11.3 Å². The fraction of sp³-hybridized carbons (Fsp3) is 0.529. The molecule has 1 fully saturated rings. The molecule has 0 radical (unpaired) electrons. The predicted molar refractivity (Wildman–Crippen MR) is 83.2 cm³/mol. The maximum Gasteiger partial charge on any atom is 0.152 e. The maximum absolute atomic E-state index is 10.4. The third-order valence-electron chi connectivity index (χ3n) is 3.53. The quantitative estimate of drug-likeness (QED) is 0.547. The summed E-state index contributed by atoms with van der Waals surface area (Å²) in [7, 11) is 0. The molecule has 2 rings (SSSR count). The number of hydrogen-bond donors (Lipinski definition) is 0. The van der Waals surface area contributed by atoms with Crippen LogP contribution in [0.15, 0.2) is 35.5 Å². The summed E-state index contributed by atoms with van der Waals surface area (Å²) in [5.74, 6) is 2.35. The molecule has 0 saturated carbocycles. The van der Waals surface area contributed by atoms with Crippen LogP contribution in [0.3, 0.4) is 0 Å². The van der Waals surface area contributed by atoms with Gasteiger partial charge < -0.3 is 14.2 Å². The lowest BCUT2D eigenvalue weighted by molar-refractivity contribution is -0.154. The number of benzene rings is 1. The lowest BCUT2D eigenvalue weighted by atomic mass is 10.1. The summed E-state index contributed by atoms with van der Waals surface area (Å²) in [6.07, 6.45) is 6.33. The zero-order valence-electron chi connectivity index (χ0n) is 12.5. The summed E-state index contributed by atoms with van der Waals surface area (Å²) in [6, 6.07) is 9.43. The molecular weight excluding hydrogens is 282 g/mol. The molecule has 1 aliphatic heterocycles. The number of nitroso groups, excluding NO2 is 1. The molecule has 1 aliphatic rings. The lowest BCUT2D eigenvalue weighted by Gasteiger charge is -2.29. The lowest BCUT2D eigenvalue weighted by Crippen LogP contribution is -2.38. The van der Waals surface area contributed by atoms with Crippen molar-refractivity contribution in [3.05, 3.63) is 40.8 Å². The van der Waals surface area contributed by atoms with Crippen molar-refractivity contribution in [2.45, 2.75) is 37.7 Å². The number of nitrogens with zero attached hydrogens (tertiary/aromatic N) is 1. The fourth-order valence-corrected chi connectivity index (χ4v) is 2.24. The zero-order valence-corrected chi connectivity index (χ0v) is 12.5. The Hall–Kier alpha value is -1.74. The van der Waals surface area contributed by atoms with E-state index in [4.69, 9.17) is 20.6 Å². The highest BCUT2D eigenvalue weighted by Crippen LogP contribution is 2.15. The van der Waals surface area contributed by atoms with Gasteiger partial charge in [-0.25, -0.2) is 0 Å². The molecule has 0 spiro atoms. The Kier molecular flexibility index (Phi) is 7.04. The fourth-order valence-electron chi connectivity index (χ4n) is 2.24. The second kappa shape index (κ2) is 9.31. The van der Waals surface area contributed by atoms with Crippen LogP contribution in [0.5, 0.6) is 0 Å². The zero-order chi connectivity index (χ0) is 15.6. The van der Waals surface area contributed by atoms with Crippen LogP contribution >= 0.6 is 0 Å². The van der Waals surface area contributed by atoms with Crippen LogP contribution in [0.1, 0.15) is 18.4 Å². The molecular formula is C17H21NO4. The summed E-state index contributed by atoms with van der Waals surface area (Å²) in [6.45, 7) is 2.06. The second-order valence-corrected chi connectivity index (χ2v) is 5.28. The van der Waals surface area contributed by atoms with Gasteiger partial charge in [-0.05, 0) is 18.4 Å². The van der Waals surface area contributed by atoms with E-state index in [0.29, 0.717) is 39.3 Å². The molecule has 0 bridgehead atoms. The summed E-state index contributed by atoms with van der Waals surface area (Å²) < 4.78 is 17.1. The third kappa shape index (κ3) is 5.57. The molecule has 118 valence electrons. The van der Waals surface area contributed by atoms with Gasteiger partial charge in [0.2, 0.25) is 0 Å². The predicted octanol–water partition coefficient (Wildman–Crippen LogP) is 2.54. The van der Waals surface area contributed by atoms with Gasteiger partial charge in [-0.1, -0.05) is 41.4 Å². The third-order valence-corrected chi connectivity index (χ3v) is 3.53. The highest BCUT2D eigenvalue weighted by Gasteiger charge is 2.23. The van der Waals surface area contributed by atoms with Gasteiger partial charge in [0.25, 0.3) is 0 Å². The van der Waals surface area contributed by atoms with Crippen LogP contribution in [0.4, 0.5) is 0 Å². The molecule has 1 saturated heterocycles. The standard InChI is InChI=1S/C17H21NO4/c1-2-15(18-19)8-9-16-12-22-17(13-21-16)11-20-10-14-6-4-3-5-7-14/h1,3-7,15-17H,8-13H2. The first-order valence-electron chi connectivity index (χ1n) is 7.45. The molecule has 0 aliphatic carbocycles. The summed E-state index contributed by atoms with van der Waals surface area (Å²) in [5.41, 5.74) is 1.14. The Morgan fingerprint density at radius 3 is 2.64 bits per heavy atom. The number of hydrogen-bond acceptors (Lipinski definition) is 5. The molecule has 22 heavy (non-hydrogen) atoms. The van der Waals surface area contributed by atoms with Crippen molar-refractivity contribution in [3.8, 4) is 12.3 Å². The first kappa shape index (κ1) is 16.6. The van der Waals surface area contributed by atoms with Crippen LogP contribution < -0.4 is 0 Å². The van der Waals surface area contributed by atoms with Crippen molar-refractivity contribution < 1.29 is 14.2 Å². The number of rotatable bonds is 8. The van der Waals surface area contributed by atoms with E-state index in [1.807, 2.05) is 30.3 Å². The minimum atomic E-state index is -0.574. The minimum absolute atomic E-state index is 0.0250. The number of terminal acetylenes is 1. The largest absolute Gasteiger partial charge is 0.374 e. The van der Waals surface area contributed by atoms with E-state index < -0.39 is 6.04 Å². The summed E-state index contributed by atoms with van der Waals surface area (Å²) in [5, 5.41) is 2.87. The monoisotopic (exact) mass is 303 g/mol. The van der Waals surface area contributed by atoms with E-state index in [1.165, 1.54) is 0 Å². The molecule has 1 aromatic carbocycles. The van der Waals surface area contributed by atoms with Crippen molar-refractivity contribution in [1.82, 2.24) is 0 Å². The Labute approximate surface area is 130 Å². The second-order valence-electron chi connectivity index (χ2n) is 5.28. The maximum atomic E-state index is 10.4. The topological polar surface area (TPSA) is 57.1 Å². The Balaban J connectivity index is 1.59. The Morgan fingerprint density at radius 2 is 2.00 bits per heavy atom.